The van der Waals surface area contributed by atoms with Gasteiger partial charge < -0.3 is 20.4 Å². The number of fused-ring (bicyclic) bond motifs is 1. The van der Waals surface area contributed by atoms with E-state index in [1.54, 1.807) is 0 Å². The first-order valence-electron chi connectivity index (χ1n) is 11.5. The molecule has 0 bridgehead atoms. The predicted octanol–water partition coefficient (Wildman–Crippen LogP) is 3.44. The fourth-order valence-electron chi connectivity index (χ4n) is 3.77. The van der Waals surface area contributed by atoms with Crippen molar-refractivity contribution in [1.82, 2.24) is 0 Å². The molecule has 0 heterocycles. The Morgan fingerprint density at radius 3 is 1.75 bits per heavy atom. The van der Waals surface area contributed by atoms with Crippen molar-refractivity contribution in [3.05, 3.63) is 72.8 Å². The van der Waals surface area contributed by atoms with Gasteiger partial charge in [-0.2, -0.15) is 35.5 Å². The van der Waals surface area contributed by atoms with E-state index in [0.717, 1.165) is 18.2 Å². The molecule has 0 fully saturated rings. The van der Waals surface area contributed by atoms with Crippen molar-refractivity contribution in [1.29, 1.82) is 0 Å². The van der Waals surface area contributed by atoms with Crippen LogP contribution in [-0.2, 0) is 34.9 Å². The Morgan fingerprint density at radius 1 is 0.636 bits per heavy atom. The summed E-state index contributed by atoms with van der Waals surface area (Å²) in [6, 6.07) is 12.5. The third kappa shape index (κ3) is 7.88. The maximum absolute atomic E-state index is 12.3. The van der Waals surface area contributed by atoms with E-state index >= 15 is 0 Å². The highest BCUT2D eigenvalue weighted by Gasteiger charge is 2.25. The summed E-state index contributed by atoms with van der Waals surface area (Å²) < 4.78 is 112. The van der Waals surface area contributed by atoms with E-state index in [1.807, 2.05) is 0 Å². The number of urea groups is 1. The molecule has 0 spiro atoms. The van der Waals surface area contributed by atoms with Crippen LogP contribution in [0.25, 0.3) is 10.8 Å². The molecule has 0 aliphatic heterocycles. The summed E-state index contributed by atoms with van der Waals surface area (Å²) >= 11 is 0. The minimum atomic E-state index is -5.20. The number of rotatable bonds is 8. The molecule has 0 unspecified atom stereocenters. The van der Waals surface area contributed by atoms with Crippen LogP contribution in [0.15, 0.2) is 97.7 Å². The van der Waals surface area contributed by atoms with Crippen molar-refractivity contribution in [2.45, 2.75) is 14.7 Å². The van der Waals surface area contributed by atoms with Crippen LogP contribution >= 0.6 is 7.60 Å². The number of hydrogen-bond acceptors (Lipinski definition) is 10. The molecule has 0 aliphatic carbocycles. The molecule has 4 aromatic rings. The van der Waals surface area contributed by atoms with Gasteiger partial charge in [-0.1, -0.05) is 6.07 Å². The topological polar surface area (TPSA) is 286 Å². The maximum Gasteiger partial charge on any atom is 0.356 e. The second-order valence-electron chi connectivity index (χ2n) is 8.81. The number of carbonyl (C=O) groups excluding carboxylic acids is 1. The van der Waals surface area contributed by atoms with Gasteiger partial charge in [-0.25, -0.2) is 4.79 Å². The largest absolute Gasteiger partial charge is 0.356 e. The van der Waals surface area contributed by atoms with Crippen LogP contribution in [0.5, 0.6) is 0 Å². The Bertz CT molecular complexity index is 2220. The van der Waals surface area contributed by atoms with Crippen LogP contribution in [0.2, 0.25) is 0 Å². The van der Waals surface area contributed by atoms with Crippen LogP contribution < -0.4 is 15.9 Å². The molecular formula is C23H19N4O13PS3. The van der Waals surface area contributed by atoms with E-state index in [-0.39, 0.29) is 28.1 Å². The standard InChI is InChI=1S/C23H19N4O13PS3/c28-23(25-15-2-1-3-17(8-15)41(29,30)31)24-13-4-6-14(7-5-13)26-27-16-9-19-20(21(10-16)43(35,36)37)11-18(42(32,33)34)12-22(19)44(38,39)40/h1-12H,(H2,24,25,28)(H2,29,30,31)(H,32,33,34)(H,35,36,37)(H,38,39,40). The summed E-state index contributed by atoms with van der Waals surface area (Å²) in [4.78, 5) is 27.6. The molecule has 44 heavy (non-hydrogen) atoms. The summed E-state index contributed by atoms with van der Waals surface area (Å²) in [7, 11) is -20.0. The van der Waals surface area contributed by atoms with Crippen molar-refractivity contribution in [2.75, 3.05) is 10.6 Å². The van der Waals surface area contributed by atoms with Crippen molar-refractivity contribution >= 4 is 82.8 Å². The number of hydrogen-bond donors (Lipinski definition) is 7. The van der Waals surface area contributed by atoms with E-state index in [1.165, 1.54) is 42.5 Å². The molecule has 232 valence electrons. The molecule has 17 nitrogen and oxygen atoms in total. The molecule has 0 atom stereocenters. The van der Waals surface area contributed by atoms with Crippen LogP contribution in [-0.4, -0.2) is 54.7 Å². The molecule has 0 saturated heterocycles. The zero-order valence-corrected chi connectivity index (χ0v) is 24.8. The monoisotopic (exact) mass is 686 g/mol. The molecule has 0 aliphatic rings. The highest BCUT2D eigenvalue weighted by Crippen LogP contribution is 2.36. The molecule has 7 N–H and O–H groups in total. The fraction of sp³-hybridized carbons (Fsp3) is 0. The van der Waals surface area contributed by atoms with Crippen LogP contribution in [0.1, 0.15) is 0 Å². The van der Waals surface area contributed by atoms with Gasteiger partial charge in [0.1, 0.15) is 9.79 Å². The minimum absolute atomic E-state index is 0.111. The van der Waals surface area contributed by atoms with Crippen LogP contribution in [0, 0.1) is 0 Å². The smallest absolute Gasteiger partial charge is 0.321 e. The zero-order valence-electron chi connectivity index (χ0n) is 21.5. The lowest BCUT2D eigenvalue weighted by atomic mass is 10.1. The Morgan fingerprint density at radius 2 is 1.18 bits per heavy atom. The highest BCUT2D eigenvalue weighted by molar-refractivity contribution is 7.87. The van der Waals surface area contributed by atoms with Crippen LogP contribution in [0.4, 0.5) is 27.5 Å². The third-order valence-corrected chi connectivity index (χ3v) is 9.22. The lowest BCUT2D eigenvalue weighted by Crippen LogP contribution is -2.20. The maximum atomic E-state index is 12.3. The van der Waals surface area contributed by atoms with Crippen molar-refractivity contribution in [3.8, 4) is 0 Å². The van der Waals surface area contributed by atoms with Gasteiger partial charge in [0.15, 0.2) is 0 Å². The average Bonchev–Trinajstić information content (AvgIpc) is 2.89. The first-order valence-corrected chi connectivity index (χ1v) is 17.5. The summed E-state index contributed by atoms with van der Waals surface area (Å²) in [5, 5.41) is 11.0. The quantitative estimate of drug-likeness (QED) is 0.0795. The van der Waals surface area contributed by atoms with Gasteiger partial charge in [-0.05, 0) is 66.7 Å². The van der Waals surface area contributed by atoms with Crippen molar-refractivity contribution < 1.29 is 58.1 Å². The number of carbonyl (C=O) groups is 1. The Hall–Kier alpha value is -4.11. The van der Waals surface area contributed by atoms with E-state index < -0.39 is 69.4 Å². The fourth-order valence-corrected chi connectivity index (χ4v) is 6.41. The second kappa shape index (κ2) is 11.8. The third-order valence-electron chi connectivity index (χ3n) is 5.65. The molecule has 21 heteroatoms. The summed E-state index contributed by atoms with van der Waals surface area (Å²) in [6.45, 7) is 0. The normalized spacial score (nSPS) is 12.8. The molecule has 0 aromatic heterocycles. The van der Waals surface area contributed by atoms with Crippen LogP contribution in [0.3, 0.4) is 0 Å². The summed E-state index contributed by atoms with van der Waals surface area (Å²) in [5.74, 6) is 0. The van der Waals surface area contributed by atoms with Gasteiger partial charge in [0.25, 0.3) is 30.4 Å². The summed E-state index contributed by atoms with van der Waals surface area (Å²) in [6.07, 6.45) is 0. The molecule has 4 rings (SSSR count). The van der Waals surface area contributed by atoms with Gasteiger partial charge >= 0.3 is 13.6 Å². The SMILES string of the molecule is O=C(Nc1ccc(N=Nc2cc(S(=O)(=O)O)c3cc(S(=O)(=O)O)cc(S(=O)(=O)O)c3c2)cc1)Nc1cccc(P(=O)(O)O)c1. The Labute approximate surface area is 248 Å². The number of benzene rings is 4. The molecule has 4 aromatic carbocycles. The van der Waals surface area contributed by atoms with E-state index in [2.05, 4.69) is 20.9 Å². The van der Waals surface area contributed by atoms with E-state index in [9.17, 15) is 58.1 Å². The number of azo groups is 1. The zero-order chi connectivity index (χ0) is 32.7. The van der Waals surface area contributed by atoms with Gasteiger partial charge in [0.05, 0.1) is 21.6 Å². The number of amides is 2. The van der Waals surface area contributed by atoms with Gasteiger partial charge in [0.2, 0.25) is 0 Å². The predicted molar refractivity (Wildman–Crippen MR) is 155 cm³/mol. The molecular weight excluding hydrogens is 667 g/mol. The van der Waals surface area contributed by atoms with Crippen molar-refractivity contribution in [2.24, 2.45) is 10.2 Å². The lowest BCUT2D eigenvalue weighted by Gasteiger charge is -2.11. The van der Waals surface area contributed by atoms with Gasteiger partial charge in [-0.3, -0.25) is 18.2 Å². The second-order valence-corrected chi connectivity index (χ2v) is 14.6. The molecule has 2 amide bonds. The Balaban J connectivity index is 1.63. The lowest BCUT2D eigenvalue weighted by molar-refractivity contribution is 0.262. The van der Waals surface area contributed by atoms with Gasteiger partial charge in [-0.15, -0.1) is 0 Å². The number of nitrogens with zero attached hydrogens (tertiary/aromatic N) is 2. The average molecular weight is 687 g/mol. The summed E-state index contributed by atoms with van der Waals surface area (Å²) in [5.41, 5.74) is 0.142. The van der Waals surface area contributed by atoms with E-state index in [4.69, 9.17) is 0 Å². The van der Waals surface area contributed by atoms with Gasteiger partial charge in [0, 0.05) is 22.1 Å². The molecule has 0 radical (unpaired) electrons. The highest BCUT2D eigenvalue weighted by atomic mass is 32.2. The first-order chi connectivity index (χ1) is 20.2. The Kier molecular flexibility index (Phi) is 8.77. The number of anilines is 2. The first kappa shape index (κ1) is 32.8. The molecule has 0 saturated carbocycles. The minimum Gasteiger partial charge on any atom is -0.321 e. The van der Waals surface area contributed by atoms with Crippen molar-refractivity contribution in [3.63, 3.8) is 0 Å². The van der Waals surface area contributed by atoms with E-state index in [0.29, 0.717) is 12.1 Å². The number of nitrogens with one attached hydrogen (secondary N) is 2.